The van der Waals surface area contributed by atoms with Crippen molar-refractivity contribution < 1.29 is 4.48 Å². The molecular weight excluding hydrogens is 158 g/mol. The predicted octanol–water partition coefficient (Wildman–Crippen LogP) is 2.81. The second-order valence-electron chi connectivity index (χ2n) is 5.33. The van der Waals surface area contributed by atoms with Crippen molar-refractivity contribution in [2.24, 2.45) is 5.92 Å². The van der Waals surface area contributed by atoms with E-state index in [1.165, 1.54) is 69.2 Å². The van der Waals surface area contributed by atoms with Crippen LogP contribution in [0.15, 0.2) is 0 Å². The summed E-state index contributed by atoms with van der Waals surface area (Å²) in [6.07, 6.45) is 8.94. The zero-order valence-electron chi connectivity index (χ0n) is 9.10. The average Bonchev–Trinajstić information content (AvgIpc) is 2.32. The first-order valence-electron chi connectivity index (χ1n) is 6.16. The first-order valence-corrected chi connectivity index (χ1v) is 6.16. The van der Waals surface area contributed by atoms with Crippen LogP contribution in [0.2, 0.25) is 0 Å². The lowest BCUT2D eigenvalue weighted by Crippen LogP contribution is -2.51. The van der Waals surface area contributed by atoms with Crippen molar-refractivity contribution in [3.05, 3.63) is 0 Å². The minimum Gasteiger partial charge on any atom is -0.324 e. The van der Waals surface area contributed by atoms with Crippen LogP contribution in [0.5, 0.6) is 0 Å². The molecule has 0 radical (unpaired) electrons. The minimum absolute atomic E-state index is 0.999. The van der Waals surface area contributed by atoms with Gasteiger partial charge in [-0.1, -0.05) is 6.92 Å². The lowest BCUT2D eigenvalue weighted by Gasteiger charge is -2.41. The molecule has 0 amide bonds. The number of hydrogen-bond donors (Lipinski definition) is 0. The van der Waals surface area contributed by atoms with Crippen LogP contribution in [0.4, 0.5) is 0 Å². The van der Waals surface area contributed by atoms with E-state index in [1.54, 1.807) is 0 Å². The van der Waals surface area contributed by atoms with Crippen LogP contribution in [0, 0.1) is 5.92 Å². The van der Waals surface area contributed by atoms with E-state index in [0.29, 0.717) is 0 Å². The summed E-state index contributed by atoms with van der Waals surface area (Å²) >= 11 is 0. The second-order valence-corrected chi connectivity index (χ2v) is 5.33. The molecule has 0 N–H and O–H groups in total. The van der Waals surface area contributed by atoms with Crippen LogP contribution in [0.1, 0.15) is 45.4 Å². The van der Waals surface area contributed by atoms with Gasteiger partial charge in [-0.15, -0.1) is 0 Å². The van der Waals surface area contributed by atoms with Crippen LogP contribution < -0.4 is 0 Å². The van der Waals surface area contributed by atoms with E-state index in [4.69, 9.17) is 0 Å². The summed E-state index contributed by atoms with van der Waals surface area (Å²) in [4.78, 5) is 0. The SMILES string of the molecule is C[C@@H]1CCC[N+]2(CCCCC2)CC1. The van der Waals surface area contributed by atoms with Crippen LogP contribution in [-0.2, 0) is 0 Å². The smallest absolute Gasteiger partial charge is 0.0789 e. The first kappa shape index (κ1) is 9.51. The third kappa shape index (κ3) is 2.25. The molecular formula is C12H24N+. The fourth-order valence-electron chi connectivity index (χ4n) is 3.16. The van der Waals surface area contributed by atoms with Crippen molar-refractivity contribution in [1.29, 1.82) is 0 Å². The van der Waals surface area contributed by atoms with Gasteiger partial charge in [-0.25, -0.2) is 0 Å². The molecule has 2 saturated heterocycles. The summed E-state index contributed by atoms with van der Waals surface area (Å²) in [5.41, 5.74) is 0. The zero-order chi connectivity index (χ0) is 9.15. The van der Waals surface area contributed by atoms with E-state index in [2.05, 4.69) is 6.92 Å². The fourth-order valence-corrected chi connectivity index (χ4v) is 3.16. The Balaban J connectivity index is 1.95. The van der Waals surface area contributed by atoms with E-state index >= 15 is 0 Å². The van der Waals surface area contributed by atoms with E-state index in [9.17, 15) is 0 Å². The molecule has 2 fully saturated rings. The number of rotatable bonds is 0. The Kier molecular flexibility index (Phi) is 2.92. The number of hydrogen-bond acceptors (Lipinski definition) is 0. The highest BCUT2D eigenvalue weighted by molar-refractivity contribution is 4.62. The molecule has 1 spiro atoms. The maximum atomic E-state index is 2.44. The quantitative estimate of drug-likeness (QED) is 0.505. The molecule has 0 aromatic carbocycles. The average molecular weight is 182 g/mol. The Bertz CT molecular complexity index is 159. The highest BCUT2D eigenvalue weighted by atomic mass is 15.4. The van der Waals surface area contributed by atoms with Gasteiger partial charge in [0, 0.05) is 0 Å². The van der Waals surface area contributed by atoms with Crippen molar-refractivity contribution in [3.8, 4) is 0 Å². The minimum atomic E-state index is 0.999. The number of quaternary nitrogens is 1. The number of piperidine rings is 1. The van der Waals surface area contributed by atoms with E-state index in [-0.39, 0.29) is 0 Å². The van der Waals surface area contributed by atoms with E-state index in [0.717, 1.165) is 5.92 Å². The molecule has 2 rings (SSSR count). The van der Waals surface area contributed by atoms with Crippen LogP contribution in [-0.4, -0.2) is 30.7 Å². The molecule has 0 unspecified atom stereocenters. The van der Waals surface area contributed by atoms with E-state index < -0.39 is 0 Å². The summed E-state index contributed by atoms with van der Waals surface area (Å²) in [6.45, 7) is 8.40. The van der Waals surface area contributed by atoms with Gasteiger partial charge in [-0.2, -0.15) is 0 Å². The van der Waals surface area contributed by atoms with Gasteiger partial charge >= 0.3 is 0 Å². The summed E-state index contributed by atoms with van der Waals surface area (Å²) in [5, 5.41) is 0. The molecule has 2 aliphatic rings. The van der Waals surface area contributed by atoms with Crippen LogP contribution >= 0.6 is 0 Å². The highest BCUT2D eigenvalue weighted by Crippen LogP contribution is 2.26. The van der Waals surface area contributed by atoms with Crippen LogP contribution in [0.25, 0.3) is 0 Å². The molecule has 0 aromatic rings. The summed E-state index contributed by atoms with van der Waals surface area (Å²) < 4.78 is 1.49. The Hall–Kier alpha value is -0.0400. The summed E-state index contributed by atoms with van der Waals surface area (Å²) in [7, 11) is 0. The molecule has 76 valence electrons. The third-order valence-corrected chi connectivity index (χ3v) is 4.19. The van der Waals surface area contributed by atoms with Gasteiger partial charge in [0.15, 0.2) is 0 Å². The molecule has 0 saturated carbocycles. The van der Waals surface area contributed by atoms with Gasteiger partial charge in [-0.05, 0) is 44.4 Å². The van der Waals surface area contributed by atoms with Crippen molar-refractivity contribution >= 4 is 0 Å². The van der Waals surface area contributed by atoms with Crippen LogP contribution in [0.3, 0.4) is 0 Å². The van der Waals surface area contributed by atoms with Gasteiger partial charge in [0.2, 0.25) is 0 Å². The van der Waals surface area contributed by atoms with Crippen molar-refractivity contribution in [1.82, 2.24) is 0 Å². The Morgan fingerprint density at radius 3 is 2.23 bits per heavy atom. The monoisotopic (exact) mass is 182 g/mol. The summed E-state index contributed by atoms with van der Waals surface area (Å²) in [5.74, 6) is 0.999. The maximum Gasteiger partial charge on any atom is 0.0789 e. The van der Waals surface area contributed by atoms with Crippen molar-refractivity contribution in [3.63, 3.8) is 0 Å². The molecule has 0 aromatic heterocycles. The fraction of sp³-hybridized carbons (Fsp3) is 1.00. The van der Waals surface area contributed by atoms with E-state index in [1.807, 2.05) is 0 Å². The third-order valence-electron chi connectivity index (χ3n) is 4.19. The Morgan fingerprint density at radius 1 is 0.769 bits per heavy atom. The zero-order valence-corrected chi connectivity index (χ0v) is 9.10. The van der Waals surface area contributed by atoms with Crippen molar-refractivity contribution in [2.75, 3.05) is 26.2 Å². The Labute approximate surface area is 82.7 Å². The van der Waals surface area contributed by atoms with Gasteiger partial charge in [0.1, 0.15) is 0 Å². The maximum absolute atomic E-state index is 2.44. The molecule has 13 heavy (non-hydrogen) atoms. The molecule has 1 heteroatoms. The van der Waals surface area contributed by atoms with Gasteiger partial charge in [0.25, 0.3) is 0 Å². The Morgan fingerprint density at radius 2 is 1.46 bits per heavy atom. The summed E-state index contributed by atoms with van der Waals surface area (Å²) in [6, 6.07) is 0. The highest BCUT2D eigenvalue weighted by Gasteiger charge is 2.31. The lowest BCUT2D eigenvalue weighted by molar-refractivity contribution is -0.931. The topological polar surface area (TPSA) is 0 Å². The molecule has 0 aliphatic carbocycles. The molecule has 2 aliphatic heterocycles. The molecule has 2 heterocycles. The lowest BCUT2D eigenvalue weighted by atomic mass is 10.0. The molecule has 1 atom stereocenters. The number of nitrogens with zero attached hydrogens (tertiary/aromatic N) is 1. The van der Waals surface area contributed by atoms with Gasteiger partial charge in [0.05, 0.1) is 26.2 Å². The normalized spacial score (nSPS) is 34.4. The largest absolute Gasteiger partial charge is 0.324 e. The molecule has 1 nitrogen and oxygen atoms in total. The van der Waals surface area contributed by atoms with Gasteiger partial charge in [-0.3, -0.25) is 0 Å². The van der Waals surface area contributed by atoms with Crippen molar-refractivity contribution in [2.45, 2.75) is 45.4 Å². The standard InChI is InChI=1S/C12H24N/c1-12-6-5-10-13(11-7-12)8-3-2-4-9-13/h12H,2-11H2,1H3/q+1/t12-/m1/s1. The second kappa shape index (κ2) is 4.00. The molecule has 0 bridgehead atoms. The first-order chi connectivity index (χ1) is 6.31. The predicted molar refractivity (Wildman–Crippen MR) is 56.6 cm³/mol. The van der Waals surface area contributed by atoms with Gasteiger partial charge < -0.3 is 4.48 Å².